The van der Waals surface area contributed by atoms with Crippen molar-refractivity contribution in [2.24, 2.45) is 5.73 Å². The zero-order valence-corrected chi connectivity index (χ0v) is 9.91. The molecule has 94 valence electrons. The van der Waals surface area contributed by atoms with E-state index in [9.17, 15) is 4.79 Å². The Labute approximate surface area is 105 Å². The summed E-state index contributed by atoms with van der Waals surface area (Å²) in [4.78, 5) is 11.6. The Balaban J connectivity index is 2.06. The molecule has 0 saturated heterocycles. The summed E-state index contributed by atoms with van der Waals surface area (Å²) in [5, 5.41) is 10.3. The summed E-state index contributed by atoms with van der Waals surface area (Å²) in [7, 11) is 0. The average Bonchev–Trinajstić information content (AvgIpc) is 2.90. The molecule has 1 heterocycles. The molecule has 0 atom stereocenters. The summed E-state index contributed by atoms with van der Waals surface area (Å²) >= 11 is 0. The second-order valence-electron chi connectivity index (χ2n) is 3.86. The molecule has 0 aliphatic carbocycles. The minimum Gasteiger partial charge on any atom is -0.330 e. The quantitative estimate of drug-likeness (QED) is 0.821. The molecule has 0 radical (unpaired) electrons. The fourth-order valence-corrected chi connectivity index (χ4v) is 1.56. The molecule has 0 saturated carbocycles. The number of hydrogen-bond donors (Lipinski definition) is 2. The molecule has 0 unspecified atom stereocenters. The number of hydrogen-bond acceptors (Lipinski definition) is 4. The van der Waals surface area contributed by atoms with E-state index < -0.39 is 0 Å². The van der Waals surface area contributed by atoms with Gasteiger partial charge in [0.1, 0.15) is 12.7 Å². The lowest BCUT2D eigenvalue weighted by Crippen LogP contribution is -2.13. The highest BCUT2D eigenvalue weighted by Crippen LogP contribution is 2.14. The zero-order chi connectivity index (χ0) is 12.8. The number of carbonyl (C=O) groups is 1. The molecular weight excluding hydrogens is 230 g/mol. The summed E-state index contributed by atoms with van der Waals surface area (Å²) in [5.41, 5.74) is 7.01. The number of nitrogens with zero attached hydrogens (tertiary/aromatic N) is 3. The van der Waals surface area contributed by atoms with Crippen LogP contribution in [0, 0.1) is 0 Å². The molecule has 0 fully saturated rings. The van der Waals surface area contributed by atoms with Crippen molar-refractivity contribution < 1.29 is 4.79 Å². The third-order valence-corrected chi connectivity index (χ3v) is 2.45. The van der Waals surface area contributed by atoms with Crippen molar-refractivity contribution in [1.82, 2.24) is 14.8 Å². The summed E-state index contributed by atoms with van der Waals surface area (Å²) in [6, 6.07) is 7.49. The molecule has 1 aromatic carbocycles. The first-order valence-corrected chi connectivity index (χ1v) is 5.74. The van der Waals surface area contributed by atoms with Crippen LogP contribution in [0.15, 0.2) is 36.9 Å². The first-order valence-electron chi connectivity index (χ1n) is 5.74. The fraction of sp³-hybridized carbons (Fsp3) is 0.250. The predicted octanol–water partition coefficient (Wildman–Crippen LogP) is 0.945. The van der Waals surface area contributed by atoms with Crippen LogP contribution < -0.4 is 11.1 Å². The first-order chi connectivity index (χ1) is 8.79. The summed E-state index contributed by atoms with van der Waals surface area (Å²) in [6.45, 7) is 0.522. The van der Waals surface area contributed by atoms with Crippen LogP contribution in [-0.4, -0.2) is 27.2 Å². The maximum Gasteiger partial charge on any atom is 0.224 e. The number of carbonyl (C=O) groups excluding carboxylic acids is 1. The van der Waals surface area contributed by atoms with Crippen molar-refractivity contribution in [3.05, 3.63) is 36.9 Å². The number of amides is 1. The number of nitrogens with one attached hydrogen (secondary N) is 1. The van der Waals surface area contributed by atoms with Gasteiger partial charge in [-0.15, -0.1) is 10.2 Å². The molecule has 2 aromatic rings. The van der Waals surface area contributed by atoms with Gasteiger partial charge in [-0.1, -0.05) is 6.07 Å². The van der Waals surface area contributed by atoms with Gasteiger partial charge < -0.3 is 11.1 Å². The van der Waals surface area contributed by atoms with Gasteiger partial charge in [-0.3, -0.25) is 9.36 Å². The van der Waals surface area contributed by atoms with Crippen molar-refractivity contribution in [1.29, 1.82) is 0 Å². The molecule has 0 bridgehead atoms. The van der Waals surface area contributed by atoms with Crippen molar-refractivity contribution in [2.75, 3.05) is 11.9 Å². The highest BCUT2D eigenvalue weighted by atomic mass is 16.1. The van der Waals surface area contributed by atoms with Gasteiger partial charge in [-0.2, -0.15) is 0 Å². The monoisotopic (exact) mass is 245 g/mol. The molecule has 6 nitrogen and oxygen atoms in total. The van der Waals surface area contributed by atoms with Gasteiger partial charge in [0.15, 0.2) is 0 Å². The van der Waals surface area contributed by atoms with Gasteiger partial charge in [0.05, 0.1) is 5.69 Å². The van der Waals surface area contributed by atoms with E-state index in [4.69, 9.17) is 5.73 Å². The lowest BCUT2D eigenvalue weighted by molar-refractivity contribution is -0.116. The Hall–Kier alpha value is -2.21. The topological polar surface area (TPSA) is 85.8 Å². The van der Waals surface area contributed by atoms with Crippen molar-refractivity contribution in [2.45, 2.75) is 12.8 Å². The lowest BCUT2D eigenvalue weighted by Gasteiger charge is -2.07. The molecular formula is C12H15N5O. The van der Waals surface area contributed by atoms with E-state index in [1.54, 1.807) is 17.2 Å². The first kappa shape index (κ1) is 12.3. The Kier molecular flexibility index (Phi) is 4.03. The van der Waals surface area contributed by atoms with Crippen molar-refractivity contribution in [3.63, 3.8) is 0 Å². The Bertz CT molecular complexity index is 509. The number of anilines is 1. The minimum absolute atomic E-state index is 0.0265. The third-order valence-electron chi connectivity index (χ3n) is 2.45. The third kappa shape index (κ3) is 3.14. The number of nitrogens with two attached hydrogens (primary N) is 1. The maximum absolute atomic E-state index is 11.6. The van der Waals surface area contributed by atoms with E-state index in [1.807, 2.05) is 24.3 Å². The SMILES string of the molecule is NCCCC(=O)Nc1cccc(-n2cnnc2)c1. The molecule has 2 rings (SSSR count). The standard InChI is InChI=1S/C12H15N5O/c13-6-2-5-12(18)16-10-3-1-4-11(7-10)17-8-14-15-9-17/h1,3-4,7-9H,2,5-6,13H2,(H,16,18). The molecule has 6 heteroatoms. The van der Waals surface area contributed by atoms with Crippen LogP contribution in [0.4, 0.5) is 5.69 Å². The molecule has 18 heavy (non-hydrogen) atoms. The molecule has 0 aliphatic heterocycles. The van der Waals surface area contributed by atoms with E-state index in [-0.39, 0.29) is 5.91 Å². The van der Waals surface area contributed by atoms with Crippen LogP contribution in [0.3, 0.4) is 0 Å². The smallest absolute Gasteiger partial charge is 0.224 e. The van der Waals surface area contributed by atoms with Crippen LogP contribution in [0.25, 0.3) is 5.69 Å². The highest BCUT2D eigenvalue weighted by Gasteiger charge is 2.03. The molecule has 1 aromatic heterocycles. The molecule has 1 amide bonds. The van der Waals surface area contributed by atoms with Gasteiger partial charge >= 0.3 is 0 Å². The second-order valence-corrected chi connectivity index (χ2v) is 3.86. The Morgan fingerprint density at radius 2 is 2.11 bits per heavy atom. The fourth-order valence-electron chi connectivity index (χ4n) is 1.56. The Morgan fingerprint density at radius 3 is 2.83 bits per heavy atom. The van der Waals surface area contributed by atoms with Gasteiger partial charge in [0.2, 0.25) is 5.91 Å². The van der Waals surface area contributed by atoms with Crippen molar-refractivity contribution in [3.8, 4) is 5.69 Å². The molecule has 3 N–H and O–H groups in total. The van der Waals surface area contributed by atoms with E-state index >= 15 is 0 Å². The van der Waals surface area contributed by atoms with Crippen LogP contribution in [0.2, 0.25) is 0 Å². The van der Waals surface area contributed by atoms with Crippen LogP contribution in [0.1, 0.15) is 12.8 Å². The Morgan fingerprint density at radius 1 is 1.33 bits per heavy atom. The number of rotatable bonds is 5. The van der Waals surface area contributed by atoms with Gasteiger partial charge in [-0.05, 0) is 31.2 Å². The lowest BCUT2D eigenvalue weighted by atomic mass is 10.2. The summed E-state index contributed by atoms with van der Waals surface area (Å²) in [5.74, 6) is -0.0265. The largest absolute Gasteiger partial charge is 0.330 e. The van der Waals surface area contributed by atoms with Crippen LogP contribution >= 0.6 is 0 Å². The predicted molar refractivity (Wildman–Crippen MR) is 68.3 cm³/mol. The van der Waals surface area contributed by atoms with Crippen LogP contribution in [0.5, 0.6) is 0 Å². The number of benzene rings is 1. The van der Waals surface area contributed by atoms with Crippen LogP contribution in [-0.2, 0) is 4.79 Å². The zero-order valence-electron chi connectivity index (χ0n) is 9.91. The summed E-state index contributed by atoms with van der Waals surface area (Å²) < 4.78 is 1.77. The normalized spacial score (nSPS) is 10.3. The molecule has 0 aliphatic rings. The number of aromatic nitrogens is 3. The van der Waals surface area contributed by atoms with Crippen molar-refractivity contribution >= 4 is 11.6 Å². The van der Waals surface area contributed by atoms with Gasteiger partial charge in [-0.25, -0.2) is 0 Å². The van der Waals surface area contributed by atoms with E-state index in [0.29, 0.717) is 19.4 Å². The summed E-state index contributed by atoms with van der Waals surface area (Å²) in [6.07, 6.45) is 4.34. The van der Waals surface area contributed by atoms with Gasteiger partial charge in [0.25, 0.3) is 0 Å². The van der Waals surface area contributed by atoms with E-state index in [1.165, 1.54) is 0 Å². The van der Waals surface area contributed by atoms with Gasteiger partial charge in [0, 0.05) is 12.1 Å². The highest BCUT2D eigenvalue weighted by molar-refractivity contribution is 5.90. The van der Waals surface area contributed by atoms with E-state index in [0.717, 1.165) is 11.4 Å². The minimum atomic E-state index is -0.0265. The maximum atomic E-state index is 11.6. The molecule has 0 spiro atoms. The average molecular weight is 245 g/mol. The second kappa shape index (κ2) is 5.92. The van der Waals surface area contributed by atoms with E-state index in [2.05, 4.69) is 15.5 Å².